The van der Waals surface area contributed by atoms with Crippen LogP contribution >= 0.6 is 23.4 Å². The normalized spacial score (nSPS) is 18.3. The van der Waals surface area contributed by atoms with Crippen molar-refractivity contribution in [2.45, 2.75) is 6.92 Å². The van der Waals surface area contributed by atoms with Crippen LogP contribution in [0, 0.1) is 0 Å². The van der Waals surface area contributed by atoms with Crippen LogP contribution in [0.2, 0.25) is 5.02 Å². The SMILES string of the molecule is CCOCCN1C(=O)/C(=C/c2cc3c(cc2Cl)OCO3)SC1=Nc1ccccc1. The summed E-state index contributed by atoms with van der Waals surface area (Å²) in [7, 11) is 0. The van der Waals surface area contributed by atoms with E-state index in [1.54, 1.807) is 23.1 Å². The fourth-order valence-corrected chi connectivity index (χ4v) is 4.11. The molecule has 8 heteroatoms. The summed E-state index contributed by atoms with van der Waals surface area (Å²) < 4.78 is 16.2. The van der Waals surface area contributed by atoms with E-state index in [0.29, 0.717) is 51.9 Å². The smallest absolute Gasteiger partial charge is 0.266 e. The predicted molar refractivity (Wildman–Crippen MR) is 115 cm³/mol. The number of hydrogen-bond acceptors (Lipinski definition) is 6. The molecule has 29 heavy (non-hydrogen) atoms. The molecule has 2 heterocycles. The first-order chi connectivity index (χ1) is 14.2. The first-order valence-corrected chi connectivity index (χ1v) is 10.4. The van der Waals surface area contributed by atoms with Crippen LogP contribution in [-0.4, -0.2) is 42.5 Å². The van der Waals surface area contributed by atoms with Gasteiger partial charge in [0, 0.05) is 12.7 Å². The number of benzene rings is 2. The molecule has 2 aliphatic rings. The second-order valence-corrected chi connectivity index (χ2v) is 7.64. The van der Waals surface area contributed by atoms with Crippen molar-refractivity contribution in [3.8, 4) is 11.5 Å². The van der Waals surface area contributed by atoms with Crippen LogP contribution in [0.4, 0.5) is 5.69 Å². The highest BCUT2D eigenvalue weighted by molar-refractivity contribution is 8.18. The Morgan fingerprint density at radius 2 is 2.00 bits per heavy atom. The summed E-state index contributed by atoms with van der Waals surface area (Å²) in [4.78, 5) is 19.9. The van der Waals surface area contributed by atoms with Gasteiger partial charge in [-0.2, -0.15) is 0 Å². The summed E-state index contributed by atoms with van der Waals surface area (Å²) >= 11 is 7.69. The summed E-state index contributed by atoms with van der Waals surface area (Å²) in [5.41, 5.74) is 1.48. The average Bonchev–Trinajstić information content (AvgIpc) is 3.28. The van der Waals surface area contributed by atoms with Crippen LogP contribution in [-0.2, 0) is 9.53 Å². The molecule has 1 saturated heterocycles. The van der Waals surface area contributed by atoms with Gasteiger partial charge in [0.25, 0.3) is 5.91 Å². The number of rotatable bonds is 6. The quantitative estimate of drug-likeness (QED) is 0.490. The highest BCUT2D eigenvalue weighted by atomic mass is 35.5. The lowest BCUT2D eigenvalue weighted by Crippen LogP contribution is -2.32. The monoisotopic (exact) mass is 430 g/mol. The first-order valence-electron chi connectivity index (χ1n) is 9.17. The molecule has 4 rings (SSSR count). The topological polar surface area (TPSA) is 60.4 Å². The van der Waals surface area contributed by atoms with Crippen LogP contribution in [0.15, 0.2) is 52.4 Å². The van der Waals surface area contributed by atoms with E-state index in [-0.39, 0.29) is 12.7 Å². The van der Waals surface area contributed by atoms with E-state index < -0.39 is 0 Å². The molecular formula is C21H19ClN2O4S. The molecule has 6 nitrogen and oxygen atoms in total. The van der Waals surface area contributed by atoms with E-state index in [9.17, 15) is 4.79 Å². The average molecular weight is 431 g/mol. The van der Waals surface area contributed by atoms with E-state index in [1.165, 1.54) is 11.8 Å². The van der Waals surface area contributed by atoms with E-state index in [2.05, 4.69) is 4.99 Å². The largest absolute Gasteiger partial charge is 0.454 e. The number of nitrogens with zero attached hydrogens (tertiary/aromatic N) is 2. The number of amidine groups is 1. The van der Waals surface area contributed by atoms with Gasteiger partial charge in [-0.25, -0.2) is 4.99 Å². The Hall–Kier alpha value is -2.48. The maximum Gasteiger partial charge on any atom is 0.266 e. The zero-order chi connectivity index (χ0) is 20.2. The van der Waals surface area contributed by atoms with E-state index >= 15 is 0 Å². The maximum atomic E-state index is 13.1. The number of carbonyl (C=O) groups excluding carboxylic acids is 1. The third-order valence-electron chi connectivity index (χ3n) is 4.31. The summed E-state index contributed by atoms with van der Waals surface area (Å²) in [6.07, 6.45) is 1.76. The van der Waals surface area contributed by atoms with E-state index in [0.717, 1.165) is 5.69 Å². The zero-order valence-electron chi connectivity index (χ0n) is 15.8. The van der Waals surface area contributed by atoms with Gasteiger partial charge >= 0.3 is 0 Å². The van der Waals surface area contributed by atoms with Crippen molar-refractivity contribution < 1.29 is 19.0 Å². The molecule has 0 atom stereocenters. The number of ether oxygens (including phenoxy) is 3. The zero-order valence-corrected chi connectivity index (χ0v) is 17.3. The van der Waals surface area contributed by atoms with Crippen molar-refractivity contribution in [1.29, 1.82) is 0 Å². The maximum absolute atomic E-state index is 13.1. The Morgan fingerprint density at radius 3 is 2.76 bits per heavy atom. The Balaban J connectivity index is 1.65. The molecule has 2 aliphatic heterocycles. The molecule has 0 aliphatic carbocycles. The summed E-state index contributed by atoms with van der Waals surface area (Å²) in [6.45, 7) is 3.55. The fraction of sp³-hybridized carbons (Fsp3) is 0.238. The molecule has 0 unspecified atom stereocenters. The number of carbonyl (C=O) groups is 1. The third kappa shape index (κ3) is 4.42. The molecular weight excluding hydrogens is 412 g/mol. The number of fused-ring (bicyclic) bond motifs is 1. The van der Waals surface area contributed by atoms with Crippen LogP contribution in [0.3, 0.4) is 0 Å². The molecule has 0 radical (unpaired) electrons. The Labute approximate surface area is 178 Å². The van der Waals surface area contributed by atoms with Gasteiger partial charge in [0.15, 0.2) is 16.7 Å². The van der Waals surface area contributed by atoms with Gasteiger partial charge in [-0.3, -0.25) is 9.69 Å². The minimum absolute atomic E-state index is 0.127. The Morgan fingerprint density at radius 1 is 1.24 bits per heavy atom. The molecule has 0 N–H and O–H groups in total. The van der Waals surface area contributed by atoms with Gasteiger partial charge in [0.2, 0.25) is 6.79 Å². The Kier molecular flexibility index (Phi) is 6.08. The molecule has 0 saturated carbocycles. The molecule has 2 aromatic carbocycles. The standard InChI is InChI=1S/C21H19ClN2O4S/c1-2-26-9-8-24-20(25)19(29-21(24)23-15-6-4-3-5-7-15)11-14-10-17-18(12-16(14)22)28-13-27-17/h3-7,10-12H,2,8-9,13H2,1H3/b19-11-,23-21?. The lowest BCUT2D eigenvalue weighted by molar-refractivity contribution is -0.122. The van der Waals surface area contributed by atoms with Crippen LogP contribution in [0.5, 0.6) is 11.5 Å². The van der Waals surface area contributed by atoms with Gasteiger partial charge in [0.1, 0.15) is 0 Å². The van der Waals surface area contributed by atoms with Gasteiger partial charge in [-0.05, 0) is 48.5 Å². The number of halogens is 1. The van der Waals surface area contributed by atoms with Crippen LogP contribution in [0.1, 0.15) is 12.5 Å². The predicted octanol–water partition coefficient (Wildman–Crippen LogP) is 4.71. The molecule has 2 aromatic rings. The molecule has 0 aromatic heterocycles. The van der Waals surface area contributed by atoms with Crippen LogP contribution < -0.4 is 9.47 Å². The van der Waals surface area contributed by atoms with Gasteiger partial charge < -0.3 is 14.2 Å². The highest BCUT2D eigenvalue weighted by Crippen LogP contribution is 2.40. The van der Waals surface area contributed by atoms with Gasteiger partial charge in [0.05, 0.1) is 28.8 Å². The molecule has 150 valence electrons. The van der Waals surface area contributed by atoms with Gasteiger partial charge in [-0.15, -0.1) is 0 Å². The van der Waals surface area contributed by atoms with Crippen molar-refractivity contribution in [2.24, 2.45) is 4.99 Å². The molecule has 1 amide bonds. The second kappa shape index (κ2) is 8.90. The Bertz CT molecular complexity index is 978. The summed E-state index contributed by atoms with van der Waals surface area (Å²) in [6, 6.07) is 13.0. The highest BCUT2D eigenvalue weighted by Gasteiger charge is 2.33. The van der Waals surface area contributed by atoms with Crippen molar-refractivity contribution in [2.75, 3.05) is 26.6 Å². The van der Waals surface area contributed by atoms with Gasteiger partial charge in [-0.1, -0.05) is 29.8 Å². The number of hydrogen-bond donors (Lipinski definition) is 0. The number of aliphatic imine (C=N–C) groups is 1. The van der Waals surface area contributed by atoms with Crippen molar-refractivity contribution >= 4 is 46.2 Å². The first kappa shape index (κ1) is 19.8. The number of thioether (sulfide) groups is 1. The second-order valence-electron chi connectivity index (χ2n) is 6.22. The molecule has 0 bridgehead atoms. The molecule has 0 spiro atoms. The summed E-state index contributed by atoms with van der Waals surface area (Å²) in [5, 5.41) is 1.11. The lowest BCUT2D eigenvalue weighted by Gasteiger charge is -2.15. The summed E-state index contributed by atoms with van der Waals surface area (Å²) in [5.74, 6) is 1.09. The third-order valence-corrected chi connectivity index (χ3v) is 5.64. The number of amides is 1. The van der Waals surface area contributed by atoms with Crippen molar-refractivity contribution in [3.05, 3.63) is 58.0 Å². The van der Waals surface area contributed by atoms with E-state index in [1.807, 2.05) is 37.3 Å². The number of para-hydroxylation sites is 1. The molecule has 1 fully saturated rings. The van der Waals surface area contributed by atoms with Crippen molar-refractivity contribution in [3.63, 3.8) is 0 Å². The van der Waals surface area contributed by atoms with Crippen LogP contribution in [0.25, 0.3) is 6.08 Å². The lowest BCUT2D eigenvalue weighted by atomic mass is 10.2. The fourth-order valence-electron chi connectivity index (χ4n) is 2.89. The van der Waals surface area contributed by atoms with Crippen molar-refractivity contribution in [1.82, 2.24) is 4.90 Å². The minimum Gasteiger partial charge on any atom is -0.454 e. The minimum atomic E-state index is -0.127. The van der Waals surface area contributed by atoms with E-state index in [4.69, 9.17) is 25.8 Å².